The Hall–Kier alpha value is -2.00. The second-order valence-electron chi connectivity index (χ2n) is 6.70. The van der Waals surface area contributed by atoms with Gasteiger partial charge in [0.2, 0.25) is 0 Å². The topological polar surface area (TPSA) is 33.3 Å². The average molecular weight is 355 g/mol. The lowest BCUT2D eigenvalue weighted by Crippen LogP contribution is -2.24. The molecule has 0 saturated carbocycles. The summed E-state index contributed by atoms with van der Waals surface area (Å²) in [5.74, 6) is 0.965. The van der Waals surface area contributed by atoms with Crippen molar-refractivity contribution in [2.75, 3.05) is 31.6 Å². The van der Waals surface area contributed by atoms with Gasteiger partial charge in [0.1, 0.15) is 5.75 Å². The Morgan fingerprint density at radius 3 is 2.31 bits per heavy atom. The number of ether oxygens (including phenoxy) is 1. The molecule has 0 aliphatic carbocycles. The minimum Gasteiger partial charge on any atom is -0.494 e. The fraction of sp³-hybridized carbons (Fsp3) is 0.478. The van der Waals surface area contributed by atoms with Crippen LogP contribution in [0.2, 0.25) is 0 Å². The van der Waals surface area contributed by atoms with Crippen LogP contribution in [0.25, 0.3) is 0 Å². The van der Waals surface area contributed by atoms with Crippen molar-refractivity contribution in [3.05, 3.63) is 60.2 Å². The monoisotopic (exact) mass is 354 g/mol. The summed E-state index contributed by atoms with van der Waals surface area (Å²) in [7, 11) is 0. The Bertz CT molecular complexity index is 569. The summed E-state index contributed by atoms with van der Waals surface area (Å²) in [6, 6.07) is 18.9. The summed E-state index contributed by atoms with van der Waals surface area (Å²) in [4.78, 5) is 0. The molecular formula is C23H34N2O. The molecule has 142 valence electrons. The zero-order valence-electron chi connectivity index (χ0n) is 16.2. The van der Waals surface area contributed by atoms with Crippen molar-refractivity contribution < 1.29 is 4.74 Å². The molecule has 0 amide bonds. The molecule has 0 saturated heterocycles. The smallest absolute Gasteiger partial charge is 0.119 e. The zero-order chi connectivity index (χ0) is 18.3. The summed E-state index contributed by atoms with van der Waals surface area (Å²) < 4.78 is 5.80. The molecule has 0 bridgehead atoms. The number of nitrogens with one attached hydrogen (secondary N) is 2. The van der Waals surface area contributed by atoms with Crippen LogP contribution >= 0.6 is 0 Å². The van der Waals surface area contributed by atoms with Gasteiger partial charge in [0.25, 0.3) is 0 Å². The molecule has 3 heteroatoms. The molecule has 2 aromatic carbocycles. The van der Waals surface area contributed by atoms with Crippen LogP contribution in [0.1, 0.15) is 44.6 Å². The third-order valence-electron chi connectivity index (χ3n) is 4.44. The van der Waals surface area contributed by atoms with E-state index in [2.05, 4.69) is 72.2 Å². The van der Waals surface area contributed by atoms with Crippen LogP contribution in [-0.2, 0) is 6.42 Å². The highest BCUT2D eigenvalue weighted by Gasteiger charge is 1.97. The van der Waals surface area contributed by atoms with E-state index in [1.54, 1.807) is 0 Å². The molecule has 0 aliphatic heterocycles. The van der Waals surface area contributed by atoms with E-state index in [1.807, 2.05) is 0 Å². The minimum absolute atomic E-state index is 0.821. The van der Waals surface area contributed by atoms with Gasteiger partial charge in [0.05, 0.1) is 6.61 Å². The predicted molar refractivity (Wildman–Crippen MR) is 112 cm³/mol. The van der Waals surface area contributed by atoms with Gasteiger partial charge in [-0.25, -0.2) is 0 Å². The first-order valence-electron chi connectivity index (χ1n) is 10.1. The molecule has 0 radical (unpaired) electrons. The summed E-state index contributed by atoms with van der Waals surface area (Å²) in [6.45, 7) is 5.96. The Morgan fingerprint density at radius 2 is 1.54 bits per heavy atom. The molecule has 2 N–H and O–H groups in total. The number of hydrogen-bond acceptors (Lipinski definition) is 3. The third-order valence-corrected chi connectivity index (χ3v) is 4.44. The van der Waals surface area contributed by atoms with Crippen LogP contribution in [0.4, 0.5) is 5.69 Å². The molecule has 0 fully saturated rings. The summed E-state index contributed by atoms with van der Waals surface area (Å²) >= 11 is 0. The highest BCUT2D eigenvalue weighted by molar-refractivity contribution is 5.46. The average Bonchev–Trinajstić information content (AvgIpc) is 2.69. The molecule has 0 aromatic heterocycles. The number of rotatable bonds is 14. The number of hydrogen-bond donors (Lipinski definition) is 2. The minimum atomic E-state index is 0.821. The van der Waals surface area contributed by atoms with Crippen molar-refractivity contribution in [2.45, 2.75) is 45.4 Å². The van der Waals surface area contributed by atoms with E-state index in [0.717, 1.165) is 50.5 Å². The van der Waals surface area contributed by atoms with Crippen molar-refractivity contribution in [1.82, 2.24) is 5.32 Å². The van der Waals surface area contributed by atoms with E-state index in [1.165, 1.54) is 31.2 Å². The molecular weight excluding hydrogens is 320 g/mol. The molecule has 0 unspecified atom stereocenters. The molecule has 2 rings (SSSR count). The van der Waals surface area contributed by atoms with Gasteiger partial charge in [-0.1, -0.05) is 62.9 Å². The second kappa shape index (κ2) is 13.2. The summed E-state index contributed by atoms with van der Waals surface area (Å²) in [5, 5.41) is 6.92. The fourth-order valence-corrected chi connectivity index (χ4v) is 2.86. The highest BCUT2D eigenvalue weighted by Crippen LogP contribution is 2.16. The molecule has 0 heterocycles. The van der Waals surface area contributed by atoms with Gasteiger partial charge < -0.3 is 15.4 Å². The maximum Gasteiger partial charge on any atom is 0.119 e. The third kappa shape index (κ3) is 8.91. The molecule has 0 atom stereocenters. The Kier molecular flexibility index (Phi) is 10.3. The van der Waals surface area contributed by atoms with Crippen LogP contribution in [0, 0.1) is 0 Å². The van der Waals surface area contributed by atoms with E-state index in [4.69, 9.17) is 4.74 Å². The Labute approximate surface area is 159 Å². The molecule has 2 aromatic rings. The normalized spacial score (nSPS) is 10.7. The van der Waals surface area contributed by atoms with Gasteiger partial charge >= 0.3 is 0 Å². The van der Waals surface area contributed by atoms with Crippen molar-refractivity contribution >= 4 is 5.69 Å². The zero-order valence-corrected chi connectivity index (χ0v) is 16.2. The van der Waals surface area contributed by atoms with Gasteiger partial charge in [-0.3, -0.25) is 0 Å². The Balaban J connectivity index is 1.50. The SMILES string of the molecule is CCCCCCCOc1ccc(NCCNCCc2ccccc2)cc1. The van der Waals surface area contributed by atoms with Crippen LogP contribution in [0.15, 0.2) is 54.6 Å². The number of anilines is 1. The van der Waals surface area contributed by atoms with Crippen LogP contribution in [0.5, 0.6) is 5.75 Å². The van der Waals surface area contributed by atoms with Crippen molar-refractivity contribution in [1.29, 1.82) is 0 Å². The van der Waals surface area contributed by atoms with E-state index in [-0.39, 0.29) is 0 Å². The second-order valence-corrected chi connectivity index (χ2v) is 6.70. The van der Waals surface area contributed by atoms with Crippen LogP contribution < -0.4 is 15.4 Å². The summed E-state index contributed by atoms with van der Waals surface area (Å²) in [6.07, 6.45) is 7.44. The molecule has 3 nitrogen and oxygen atoms in total. The molecule has 26 heavy (non-hydrogen) atoms. The standard InChI is InChI=1S/C23H34N2O/c1-2-3-4-5-9-20-26-23-14-12-22(13-15-23)25-19-18-24-17-16-21-10-7-6-8-11-21/h6-8,10-15,24-25H,2-5,9,16-20H2,1H3. The van der Waals surface area contributed by atoms with E-state index >= 15 is 0 Å². The first-order valence-corrected chi connectivity index (χ1v) is 10.1. The van der Waals surface area contributed by atoms with Gasteiger partial charge in [0.15, 0.2) is 0 Å². The lowest BCUT2D eigenvalue weighted by atomic mass is 10.1. The molecule has 0 aliphatic rings. The number of benzene rings is 2. The van der Waals surface area contributed by atoms with Crippen molar-refractivity contribution in [3.63, 3.8) is 0 Å². The maximum absolute atomic E-state index is 5.80. The predicted octanol–water partition coefficient (Wildman–Crippen LogP) is 5.28. The Morgan fingerprint density at radius 1 is 0.769 bits per heavy atom. The van der Waals surface area contributed by atoms with Crippen molar-refractivity contribution in [3.8, 4) is 5.75 Å². The number of unbranched alkanes of at least 4 members (excludes halogenated alkanes) is 4. The van der Waals surface area contributed by atoms with E-state index in [9.17, 15) is 0 Å². The maximum atomic E-state index is 5.80. The largest absolute Gasteiger partial charge is 0.494 e. The van der Waals surface area contributed by atoms with Crippen LogP contribution in [0.3, 0.4) is 0 Å². The van der Waals surface area contributed by atoms with Crippen molar-refractivity contribution in [2.24, 2.45) is 0 Å². The van der Waals surface area contributed by atoms with Gasteiger partial charge in [-0.15, -0.1) is 0 Å². The summed E-state index contributed by atoms with van der Waals surface area (Å²) in [5.41, 5.74) is 2.53. The first kappa shape index (κ1) is 20.3. The fourth-order valence-electron chi connectivity index (χ4n) is 2.86. The molecule has 0 spiro atoms. The van der Waals surface area contributed by atoms with Crippen LogP contribution in [-0.4, -0.2) is 26.2 Å². The van der Waals surface area contributed by atoms with Gasteiger partial charge in [-0.2, -0.15) is 0 Å². The lowest BCUT2D eigenvalue weighted by molar-refractivity contribution is 0.304. The van der Waals surface area contributed by atoms with E-state index in [0.29, 0.717) is 0 Å². The van der Waals surface area contributed by atoms with Gasteiger partial charge in [0, 0.05) is 18.8 Å². The highest BCUT2D eigenvalue weighted by atomic mass is 16.5. The quantitative estimate of drug-likeness (QED) is 0.453. The first-order chi connectivity index (χ1) is 12.9. The van der Waals surface area contributed by atoms with Gasteiger partial charge in [-0.05, 0) is 49.2 Å². The lowest BCUT2D eigenvalue weighted by Gasteiger charge is -2.10. The van der Waals surface area contributed by atoms with E-state index < -0.39 is 0 Å².